The number of nitrogens with zero attached hydrogens (tertiary/aromatic N) is 2. The van der Waals surface area contributed by atoms with Crippen molar-refractivity contribution in [2.24, 2.45) is 0 Å². The molecule has 2 aliphatic rings. The van der Waals surface area contributed by atoms with Crippen LogP contribution in [0, 0.1) is 0 Å². The van der Waals surface area contributed by atoms with Crippen molar-refractivity contribution in [3.05, 3.63) is 193 Å². The first-order valence-corrected chi connectivity index (χ1v) is 18.7. The fourth-order valence-corrected chi connectivity index (χ4v) is 7.58. The molecule has 0 spiro atoms. The Bertz CT molecular complexity index is 2370. The summed E-state index contributed by atoms with van der Waals surface area (Å²) in [6, 6.07) is 55.3. The van der Waals surface area contributed by atoms with Crippen molar-refractivity contribution in [2.45, 2.75) is 39.5 Å². The van der Waals surface area contributed by atoms with E-state index in [1.165, 1.54) is 61.2 Å². The second-order valence-corrected chi connectivity index (χ2v) is 13.2. The molecule has 0 saturated heterocycles. The summed E-state index contributed by atoms with van der Waals surface area (Å²) in [7, 11) is 0. The Hall–Kier alpha value is -6.12. The Balaban J connectivity index is 0.00000190. The second-order valence-electron chi connectivity index (χ2n) is 13.2. The van der Waals surface area contributed by atoms with E-state index in [2.05, 4.69) is 192 Å². The van der Waals surface area contributed by atoms with Crippen LogP contribution in [0.4, 0.5) is 17.1 Å². The van der Waals surface area contributed by atoms with Crippen LogP contribution in [-0.2, 0) is 6.42 Å². The molecule has 0 fully saturated rings. The molecule has 52 heavy (non-hydrogen) atoms. The normalized spacial score (nSPS) is 13.2. The zero-order valence-corrected chi connectivity index (χ0v) is 30.0. The molecule has 7 aromatic rings. The van der Waals surface area contributed by atoms with Crippen LogP contribution in [0.5, 0.6) is 0 Å². The van der Waals surface area contributed by atoms with Crippen LogP contribution in [0.2, 0.25) is 0 Å². The van der Waals surface area contributed by atoms with Gasteiger partial charge >= 0.3 is 0 Å². The summed E-state index contributed by atoms with van der Waals surface area (Å²) in [5, 5.41) is 1.33. The van der Waals surface area contributed by atoms with Crippen LogP contribution in [0.15, 0.2) is 176 Å². The van der Waals surface area contributed by atoms with E-state index in [4.69, 9.17) is 0 Å². The Labute approximate surface area is 308 Å². The standard InChI is InChI=1S/C48H38N2.C2H6/c1-3-11-35(12-4-1)37-19-27-41(28-20-37)49(42-29-21-38(22-30-42)36-13-5-2-6-14-36)43-31-23-39(24-32-43)40-25-33-44(34-26-40)50-47-17-9-7-15-45(47)46-16-8-10-18-48(46)50;1-2/h1,3-5,7-9,11-17,19-34H,2,6,10,18H2;1-2H3. The topological polar surface area (TPSA) is 8.17 Å². The molecular formula is C50H44N2. The Morgan fingerprint density at radius 1 is 0.462 bits per heavy atom. The molecule has 0 aliphatic heterocycles. The molecule has 0 atom stereocenters. The number of hydrogen-bond donors (Lipinski definition) is 0. The maximum Gasteiger partial charge on any atom is 0.0537 e. The minimum Gasteiger partial charge on any atom is -0.313 e. The lowest BCUT2D eigenvalue weighted by Gasteiger charge is -2.26. The maximum atomic E-state index is 2.45. The maximum absolute atomic E-state index is 2.45. The SMILES string of the molecule is C1=CC(c2ccc(N(c3ccc(-c4ccccc4)cc3)c3ccc(-c4ccc(-n5c6c(c7ccccc75)C=CCC6)cc4)cc3)cc2)=CCC1.CC. The highest BCUT2D eigenvalue weighted by atomic mass is 15.1. The Morgan fingerprint density at radius 2 is 0.981 bits per heavy atom. The quantitative estimate of drug-likeness (QED) is 0.164. The van der Waals surface area contributed by atoms with E-state index in [1.807, 2.05) is 13.8 Å². The van der Waals surface area contributed by atoms with E-state index < -0.39 is 0 Å². The summed E-state index contributed by atoms with van der Waals surface area (Å²) < 4.78 is 2.45. The molecule has 1 heterocycles. The summed E-state index contributed by atoms with van der Waals surface area (Å²) in [6.45, 7) is 4.00. The van der Waals surface area contributed by atoms with Crippen molar-refractivity contribution in [2.75, 3.05) is 4.90 Å². The van der Waals surface area contributed by atoms with Crippen molar-refractivity contribution < 1.29 is 0 Å². The number of fused-ring (bicyclic) bond motifs is 3. The van der Waals surface area contributed by atoms with Crippen LogP contribution in [0.3, 0.4) is 0 Å². The van der Waals surface area contributed by atoms with Gasteiger partial charge in [0.15, 0.2) is 0 Å². The Kier molecular flexibility index (Phi) is 9.54. The Morgan fingerprint density at radius 3 is 1.58 bits per heavy atom. The van der Waals surface area contributed by atoms with Gasteiger partial charge < -0.3 is 9.47 Å². The van der Waals surface area contributed by atoms with Crippen LogP contribution in [-0.4, -0.2) is 4.57 Å². The lowest BCUT2D eigenvalue weighted by molar-refractivity contribution is 0.888. The third-order valence-corrected chi connectivity index (χ3v) is 10.1. The summed E-state index contributed by atoms with van der Waals surface area (Å²) in [6.07, 6.45) is 15.8. The first kappa shape index (κ1) is 33.0. The van der Waals surface area contributed by atoms with E-state index in [1.54, 1.807) is 0 Å². The summed E-state index contributed by atoms with van der Waals surface area (Å²) in [5.74, 6) is 0. The van der Waals surface area contributed by atoms with Gasteiger partial charge in [0, 0.05) is 39.4 Å². The number of aromatic nitrogens is 1. The molecule has 0 unspecified atom stereocenters. The highest BCUT2D eigenvalue weighted by molar-refractivity contribution is 5.93. The van der Waals surface area contributed by atoms with E-state index >= 15 is 0 Å². The van der Waals surface area contributed by atoms with Crippen molar-refractivity contribution in [3.63, 3.8) is 0 Å². The van der Waals surface area contributed by atoms with Crippen molar-refractivity contribution in [1.29, 1.82) is 0 Å². The molecule has 0 saturated carbocycles. The molecule has 0 amide bonds. The summed E-state index contributed by atoms with van der Waals surface area (Å²) in [5.41, 5.74) is 16.1. The first-order chi connectivity index (χ1) is 25.8. The van der Waals surface area contributed by atoms with Gasteiger partial charge in [-0.2, -0.15) is 0 Å². The predicted octanol–water partition coefficient (Wildman–Crippen LogP) is 14.2. The monoisotopic (exact) mass is 672 g/mol. The summed E-state index contributed by atoms with van der Waals surface area (Å²) in [4.78, 5) is 2.35. The highest BCUT2D eigenvalue weighted by Crippen LogP contribution is 2.38. The smallest absolute Gasteiger partial charge is 0.0537 e. The van der Waals surface area contributed by atoms with Crippen LogP contribution >= 0.6 is 0 Å². The molecule has 1 aromatic heterocycles. The van der Waals surface area contributed by atoms with Gasteiger partial charge in [0.25, 0.3) is 0 Å². The summed E-state index contributed by atoms with van der Waals surface area (Å²) >= 11 is 0. The molecule has 0 N–H and O–H groups in total. The third-order valence-electron chi connectivity index (χ3n) is 10.1. The van der Waals surface area contributed by atoms with Gasteiger partial charge in [-0.1, -0.05) is 141 Å². The average molecular weight is 673 g/mol. The largest absolute Gasteiger partial charge is 0.313 e. The van der Waals surface area contributed by atoms with Gasteiger partial charge in [0.05, 0.1) is 5.52 Å². The van der Waals surface area contributed by atoms with Gasteiger partial charge in [0.1, 0.15) is 0 Å². The molecule has 6 aromatic carbocycles. The van der Waals surface area contributed by atoms with E-state index in [0.717, 1.165) is 42.7 Å². The van der Waals surface area contributed by atoms with Gasteiger partial charge in [-0.15, -0.1) is 0 Å². The van der Waals surface area contributed by atoms with E-state index in [0.29, 0.717) is 0 Å². The average Bonchev–Trinajstić information content (AvgIpc) is 3.58. The number of para-hydroxylation sites is 1. The van der Waals surface area contributed by atoms with Crippen molar-refractivity contribution >= 4 is 39.6 Å². The van der Waals surface area contributed by atoms with Gasteiger partial charge in [-0.25, -0.2) is 0 Å². The molecule has 9 rings (SSSR count). The van der Waals surface area contributed by atoms with Gasteiger partial charge in [-0.05, 0) is 114 Å². The highest BCUT2D eigenvalue weighted by Gasteiger charge is 2.18. The van der Waals surface area contributed by atoms with Crippen LogP contribution in [0.1, 0.15) is 49.9 Å². The molecule has 2 heteroatoms. The zero-order valence-electron chi connectivity index (χ0n) is 30.0. The molecule has 254 valence electrons. The van der Waals surface area contributed by atoms with Crippen LogP contribution < -0.4 is 4.90 Å². The number of benzene rings is 6. The molecule has 2 aliphatic carbocycles. The van der Waals surface area contributed by atoms with Crippen molar-refractivity contribution in [1.82, 2.24) is 4.57 Å². The molecule has 0 radical (unpaired) electrons. The predicted molar refractivity (Wildman–Crippen MR) is 224 cm³/mol. The second kappa shape index (κ2) is 15.0. The number of allylic oxidation sites excluding steroid dienone is 5. The molecule has 2 nitrogen and oxygen atoms in total. The van der Waals surface area contributed by atoms with Gasteiger partial charge in [0.2, 0.25) is 0 Å². The fraction of sp³-hybridized carbons (Fsp3) is 0.120. The number of hydrogen-bond acceptors (Lipinski definition) is 1. The molecular weight excluding hydrogens is 629 g/mol. The number of rotatable bonds is 7. The molecule has 0 bridgehead atoms. The van der Waals surface area contributed by atoms with Crippen LogP contribution in [0.25, 0.3) is 50.5 Å². The zero-order chi connectivity index (χ0) is 35.3. The first-order valence-electron chi connectivity index (χ1n) is 18.7. The fourth-order valence-electron chi connectivity index (χ4n) is 7.58. The van der Waals surface area contributed by atoms with E-state index in [9.17, 15) is 0 Å². The number of anilines is 3. The lowest BCUT2D eigenvalue weighted by atomic mass is 9.99. The third kappa shape index (κ3) is 6.45. The van der Waals surface area contributed by atoms with Gasteiger partial charge in [-0.3, -0.25) is 0 Å². The lowest BCUT2D eigenvalue weighted by Crippen LogP contribution is -2.10. The minimum absolute atomic E-state index is 1.06. The minimum atomic E-state index is 1.06. The van der Waals surface area contributed by atoms with E-state index in [-0.39, 0.29) is 0 Å². The van der Waals surface area contributed by atoms with Crippen molar-refractivity contribution in [3.8, 4) is 27.9 Å².